The number of hydrogen-bond donors (Lipinski definition) is 3. The van der Waals surface area contributed by atoms with Crippen LogP contribution in [-0.2, 0) is 0 Å². The summed E-state index contributed by atoms with van der Waals surface area (Å²) in [6.07, 6.45) is 2.96. The van der Waals surface area contributed by atoms with Gasteiger partial charge in [-0.25, -0.2) is 0 Å². The van der Waals surface area contributed by atoms with Gasteiger partial charge >= 0.3 is 7.12 Å². The summed E-state index contributed by atoms with van der Waals surface area (Å²) < 4.78 is 12.1. The number of nitrogens with two attached hydrogens (primary N) is 1. The third kappa shape index (κ3) is 3.85. The van der Waals surface area contributed by atoms with Crippen LogP contribution in [0.4, 0.5) is 4.53 Å². The van der Waals surface area contributed by atoms with Crippen LogP contribution >= 0.6 is 0 Å². The van der Waals surface area contributed by atoms with Crippen molar-refractivity contribution in [2.75, 3.05) is 0 Å². The van der Waals surface area contributed by atoms with Crippen LogP contribution in [0.3, 0.4) is 0 Å². The topological polar surface area (TPSA) is 75.7 Å². The Kier molecular flexibility index (Phi) is 6.28. The highest BCUT2D eigenvalue weighted by Crippen LogP contribution is 2.28. The van der Waals surface area contributed by atoms with E-state index in [9.17, 15) is 14.6 Å². The van der Waals surface area contributed by atoms with Crippen LogP contribution < -0.4 is 10.7 Å². The Labute approximate surface area is 118 Å². The molecule has 0 saturated carbocycles. The Balaban J connectivity index is 3.40. The Bertz CT molecular complexity index is 498. The van der Waals surface area contributed by atoms with Gasteiger partial charge in [-0.1, -0.05) is 32.1 Å². The maximum absolute atomic E-state index is 12.1. The molecular weight excluding hydrogens is 260 g/mol. The van der Waals surface area contributed by atoms with E-state index in [-0.39, 0.29) is 5.75 Å². The van der Waals surface area contributed by atoms with Gasteiger partial charge in [-0.2, -0.15) is 0 Å². The van der Waals surface area contributed by atoms with E-state index >= 15 is 0 Å². The molecule has 0 aromatic heterocycles. The number of hydrogen-bond acceptors (Lipinski definition) is 4. The molecule has 0 heterocycles. The van der Waals surface area contributed by atoms with E-state index in [2.05, 4.69) is 4.94 Å². The normalized spacial score (nSPS) is 12.9. The van der Waals surface area contributed by atoms with Crippen molar-refractivity contribution >= 4 is 12.7 Å². The Hall–Kier alpha value is -1.79. The summed E-state index contributed by atoms with van der Waals surface area (Å²) >= 11 is 0. The maximum Gasteiger partial charge on any atom is 0.484 e. The predicted molar refractivity (Wildman–Crippen MR) is 78.1 cm³/mol. The molecule has 0 atom stereocenters. The zero-order valence-corrected chi connectivity index (χ0v) is 11.6. The first kappa shape index (κ1) is 16.3. The minimum atomic E-state index is -1.59. The Morgan fingerprint density at radius 3 is 2.30 bits per heavy atom. The Morgan fingerprint density at radius 1 is 1.30 bits per heavy atom. The van der Waals surface area contributed by atoms with Gasteiger partial charge in [-0.05, 0) is 36.0 Å². The van der Waals surface area contributed by atoms with Crippen LogP contribution in [0.15, 0.2) is 41.5 Å². The standard InChI is InChI=1S/C14H19BFNO3/c1-3-5-13(17)14(12(4-2)15(18)19)10-6-8-11(20-16)9-7-10/h5-9,18-19H,3-4,17H2,1-2H3/b13-5-,14-12+. The van der Waals surface area contributed by atoms with Crippen molar-refractivity contribution in [1.29, 1.82) is 0 Å². The fourth-order valence-electron chi connectivity index (χ4n) is 2.02. The number of allylic oxidation sites excluding steroid dienone is 3. The molecule has 0 fully saturated rings. The van der Waals surface area contributed by atoms with Crippen LogP contribution in [0.25, 0.3) is 5.57 Å². The van der Waals surface area contributed by atoms with E-state index in [0.29, 0.717) is 28.7 Å². The fourth-order valence-corrected chi connectivity index (χ4v) is 2.02. The highest BCUT2D eigenvalue weighted by Gasteiger charge is 2.20. The third-order valence-corrected chi connectivity index (χ3v) is 2.96. The summed E-state index contributed by atoms with van der Waals surface area (Å²) in [5.74, 6) is 0.0775. The molecule has 20 heavy (non-hydrogen) atoms. The van der Waals surface area contributed by atoms with Crippen molar-refractivity contribution in [3.63, 3.8) is 0 Å². The monoisotopic (exact) mass is 279 g/mol. The molecule has 0 radical (unpaired) electrons. The van der Waals surface area contributed by atoms with Crippen molar-refractivity contribution in [3.8, 4) is 5.75 Å². The lowest BCUT2D eigenvalue weighted by Crippen LogP contribution is -2.19. The number of rotatable bonds is 6. The number of halogens is 1. The quantitative estimate of drug-likeness (QED) is 0.552. The van der Waals surface area contributed by atoms with Gasteiger partial charge in [0.15, 0.2) is 5.75 Å². The van der Waals surface area contributed by atoms with Crippen molar-refractivity contribution < 1.29 is 19.5 Å². The molecule has 4 N–H and O–H groups in total. The molecule has 0 aliphatic heterocycles. The lowest BCUT2D eigenvalue weighted by molar-refractivity contribution is -0.00620. The zero-order valence-electron chi connectivity index (χ0n) is 11.6. The molecule has 1 aromatic carbocycles. The summed E-state index contributed by atoms with van der Waals surface area (Å²) in [6, 6.07) is 6.15. The second kappa shape index (κ2) is 7.72. The molecule has 0 spiro atoms. The molecule has 0 saturated heterocycles. The summed E-state index contributed by atoms with van der Waals surface area (Å²) in [6.45, 7) is 3.75. The Morgan fingerprint density at radius 2 is 1.90 bits per heavy atom. The minimum absolute atomic E-state index is 0.0775. The van der Waals surface area contributed by atoms with Crippen LogP contribution in [-0.4, -0.2) is 17.2 Å². The van der Waals surface area contributed by atoms with Gasteiger partial charge in [-0.3, -0.25) is 4.94 Å². The second-order valence-electron chi connectivity index (χ2n) is 4.30. The molecule has 0 unspecified atom stereocenters. The highest BCUT2D eigenvalue weighted by molar-refractivity contribution is 6.52. The molecule has 4 nitrogen and oxygen atoms in total. The van der Waals surface area contributed by atoms with Gasteiger partial charge in [0.2, 0.25) is 0 Å². The molecule has 108 valence electrons. The summed E-state index contributed by atoms with van der Waals surface area (Å²) in [7, 11) is -1.59. The summed E-state index contributed by atoms with van der Waals surface area (Å²) in [5, 5.41) is 19.0. The highest BCUT2D eigenvalue weighted by atomic mass is 19.3. The lowest BCUT2D eigenvalue weighted by atomic mass is 9.72. The SMILES string of the molecule is CC/C=C(N)/C(=C(\CC)B(O)O)c1ccc(OF)cc1. The minimum Gasteiger partial charge on any atom is -0.423 e. The average Bonchev–Trinajstić information content (AvgIpc) is 2.44. The van der Waals surface area contributed by atoms with Gasteiger partial charge in [0.25, 0.3) is 0 Å². The van der Waals surface area contributed by atoms with Crippen LogP contribution in [0.1, 0.15) is 32.3 Å². The first-order chi connectivity index (χ1) is 9.54. The van der Waals surface area contributed by atoms with Crippen LogP contribution in [0, 0.1) is 0 Å². The summed E-state index contributed by atoms with van der Waals surface area (Å²) in [4.78, 5) is 3.63. The van der Waals surface area contributed by atoms with Crippen LogP contribution in [0.5, 0.6) is 5.75 Å². The van der Waals surface area contributed by atoms with Crippen molar-refractivity contribution in [2.45, 2.75) is 26.7 Å². The van der Waals surface area contributed by atoms with Crippen LogP contribution in [0.2, 0.25) is 0 Å². The van der Waals surface area contributed by atoms with E-state index in [1.807, 2.05) is 13.8 Å². The average molecular weight is 279 g/mol. The molecule has 6 heteroatoms. The molecule has 1 aromatic rings. The molecule has 0 bridgehead atoms. The molecule has 1 rings (SSSR count). The first-order valence-electron chi connectivity index (χ1n) is 6.49. The summed E-state index contributed by atoms with van der Waals surface area (Å²) in [5.41, 5.74) is 8.15. The fraction of sp³-hybridized carbons (Fsp3) is 0.286. The lowest BCUT2D eigenvalue weighted by Gasteiger charge is -2.15. The van der Waals surface area contributed by atoms with E-state index in [4.69, 9.17) is 5.73 Å². The second-order valence-corrected chi connectivity index (χ2v) is 4.30. The van der Waals surface area contributed by atoms with E-state index < -0.39 is 7.12 Å². The molecule has 0 aliphatic rings. The third-order valence-electron chi connectivity index (χ3n) is 2.96. The van der Waals surface area contributed by atoms with E-state index in [1.165, 1.54) is 12.1 Å². The molecular formula is C14H19BFNO3. The zero-order chi connectivity index (χ0) is 15.1. The van der Waals surface area contributed by atoms with Gasteiger partial charge in [0.05, 0.1) is 0 Å². The number of benzene rings is 1. The van der Waals surface area contributed by atoms with Gasteiger partial charge in [-0.15, -0.1) is 0 Å². The maximum atomic E-state index is 12.1. The van der Waals surface area contributed by atoms with Gasteiger partial charge in [0.1, 0.15) is 0 Å². The largest absolute Gasteiger partial charge is 0.484 e. The van der Waals surface area contributed by atoms with Crippen molar-refractivity contribution in [3.05, 3.63) is 47.1 Å². The van der Waals surface area contributed by atoms with E-state index in [1.54, 1.807) is 18.2 Å². The first-order valence-corrected chi connectivity index (χ1v) is 6.49. The van der Waals surface area contributed by atoms with Crippen molar-refractivity contribution in [1.82, 2.24) is 0 Å². The predicted octanol–water partition coefficient (Wildman–Crippen LogP) is 2.38. The van der Waals surface area contributed by atoms with Gasteiger partial charge < -0.3 is 15.8 Å². The molecule has 0 amide bonds. The molecule has 0 aliphatic carbocycles. The van der Waals surface area contributed by atoms with E-state index in [0.717, 1.165) is 6.42 Å². The van der Waals surface area contributed by atoms with Crippen molar-refractivity contribution in [2.24, 2.45) is 5.73 Å². The smallest absolute Gasteiger partial charge is 0.423 e. The van der Waals surface area contributed by atoms with Gasteiger partial charge in [0, 0.05) is 15.8 Å².